The van der Waals surface area contributed by atoms with Crippen LogP contribution in [0.25, 0.3) is 0 Å². The molecule has 1 aromatic carbocycles. The van der Waals surface area contributed by atoms with E-state index in [1.54, 1.807) is 10.7 Å². The molecule has 106 valence electrons. The van der Waals surface area contributed by atoms with Crippen LogP contribution >= 0.6 is 0 Å². The van der Waals surface area contributed by atoms with Crippen LogP contribution in [0.4, 0.5) is 27.5 Å². The minimum absolute atomic E-state index is 0.485. The zero-order valence-corrected chi connectivity index (χ0v) is 9.43. The van der Waals surface area contributed by atoms with E-state index in [-0.39, 0.29) is 0 Å². The molecule has 20 heavy (non-hydrogen) atoms. The number of rotatable bonds is 4. The van der Waals surface area contributed by atoms with Crippen LogP contribution in [0.15, 0.2) is 12.1 Å². The van der Waals surface area contributed by atoms with Crippen molar-refractivity contribution in [3.8, 4) is 0 Å². The van der Waals surface area contributed by atoms with Crippen LogP contribution in [0, 0.1) is 30.3 Å². The standard InChI is InChI=1S/C7H6N6O7/c8-10-7(14)9-6-4(12(17)18)1-3(11(15)16)2-5(6)13(19)20/h1-2H,8H2,(H2,9,10,14). The summed E-state index contributed by atoms with van der Waals surface area (Å²) in [5.74, 6) is 4.74. The van der Waals surface area contributed by atoms with Crippen molar-refractivity contribution in [3.05, 3.63) is 42.5 Å². The van der Waals surface area contributed by atoms with Gasteiger partial charge in [0.15, 0.2) is 0 Å². The van der Waals surface area contributed by atoms with E-state index in [9.17, 15) is 35.1 Å². The molecule has 0 saturated carbocycles. The Morgan fingerprint density at radius 2 is 1.45 bits per heavy atom. The third-order valence-corrected chi connectivity index (χ3v) is 2.06. The number of hydrazine groups is 1. The van der Waals surface area contributed by atoms with Gasteiger partial charge in [-0.1, -0.05) is 0 Å². The van der Waals surface area contributed by atoms with Gasteiger partial charge in [-0.25, -0.2) is 10.6 Å². The van der Waals surface area contributed by atoms with Crippen LogP contribution in [0.5, 0.6) is 0 Å². The summed E-state index contributed by atoms with van der Waals surface area (Å²) in [7, 11) is 0. The van der Waals surface area contributed by atoms with E-state index >= 15 is 0 Å². The van der Waals surface area contributed by atoms with Crippen molar-refractivity contribution in [2.75, 3.05) is 5.32 Å². The fourth-order valence-corrected chi connectivity index (χ4v) is 1.27. The summed E-state index contributed by atoms with van der Waals surface area (Å²) in [6, 6.07) is -0.191. The van der Waals surface area contributed by atoms with Crippen molar-refractivity contribution in [1.82, 2.24) is 5.43 Å². The fourth-order valence-electron chi connectivity index (χ4n) is 1.27. The smallest absolute Gasteiger partial charge is 0.295 e. The van der Waals surface area contributed by atoms with Gasteiger partial charge in [-0.15, -0.1) is 0 Å². The van der Waals surface area contributed by atoms with E-state index in [2.05, 4.69) is 0 Å². The lowest BCUT2D eigenvalue weighted by molar-refractivity contribution is -0.401. The largest absolute Gasteiger partial charge is 0.333 e. The molecule has 0 saturated heterocycles. The Hall–Kier alpha value is -3.35. The van der Waals surface area contributed by atoms with Crippen LogP contribution in [0.2, 0.25) is 0 Å². The van der Waals surface area contributed by atoms with Gasteiger partial charge in [-0.3, -0.25) is 41.1 Å². The summed E-state index contributed by atoms with van der Waals surface area (Å²) in [5.41, 5.74) is -2.13. The third-order valence-electron chi connectivity index (χ3n) is 2.06. The number of nitrogens with zero attached hydrogens (tertiary/aromatic N) is 3. The van der Waals surface area contributed by atoms with Gasteiger partial charge in [0.25, 0.3) is 5.69 Å². The monoisotopic (exact) mass is 286 g/mol. The number of carbonyl (C=O) groups is 1. The van der Waals surface area contributed by atoms with Crippen molar-refractivity contribution >= 4 is 28.8 Å². The molecule has 0 radical (unpaired) electrons. The molecule has 1 aromatic rings. The predicted molar refractivity (Wildman–Crippen MR) is 62.7 cm³/mol. The molecule has 0 heterocycles. The molecule has 0 aliphatic heterocycles. The van der Waals surface area contributed by atoms with Crippen molar-refractivity contribution < 1.29 is 19.6 Å². The van der Waals surface area contributed by atoms with E-state index in [4.69, 9.17) is 5.84 Å². The first-order valence-corrected chi connectivity index (χ1v) is 4.66. The molecule has 1 rings (SSSR count). The number of nitrogens with two attached hydrogens (primary N) is 1. The zero-order valence-electron chi connectivity index (χ0n) is 9.43. The highest BCUT2D eigenvalue weighted by Gasteiger charge is 2.31. The highest BCUT2D eigenvalue weighted by atomic mass is 16.6. The van der Waals surface area contributed by atoms with E-state index in [1.165, 1.54) is 0 Å². The third kappa shape index (κ3) is 2.91. The first-order valence-electron chi connectivity index (χ1n) is 4.66. The molecule has 13 heteroatoms. The Labute approximate surface area is 108 Å². The van der Waals surface area contributed by atoms with Crippen LogP contribution in [0.1, 0.15) is 0 Å². The quantitative estimate of drug-likeness (QED) is 0.305. The highest BCUT2D eigenvalue weighted by molar-refractivity contribution is 5.95. The lowest BCUT2D eigenvalue weighted by Gasteiger charge is -2.05. The van der Waals surface area contributed by atoms with E-state index < -0.39 is 43.6 Å². The van der Waals surface area contributed by atoms with Crippen LogP contribution in [-0.2, 0) is 0 Å². The van der Waals surface area contributed by atoms with Gasteiger partial charge in [0.1, 0.15) is 0 Å². The fraction of sp³-hybridized carbons (Fsp3) is 0. The van der Waals surface area contributed by atoms with Crippen molar-refractivity contribution in [2.24, 2.45) is 5.84 Å². The van der Waals surface area contributed by atoms with Gasteiger partial charge in [0.05, 0.1) is 26.9 Å². The number of benzene rings is 1. The maximum atomic E-state index is 11.0. The molecule has 0 bridgehead atoms. The Balaban J connectivity index is 3.59. The Morgan fingerprint density at radius 3 is 1.75 bits per heavy atom. The highest BCUT2D eigenvalue weighted by Crippen LogP contribution is 2.38. The van der Waals surface area contributed by atoms with Crippen molar-refractivity contribution in [1.29, 1.82) is 0 Å². The first-order chi connectivity index (χ1) is 9.27. The number of hydrogen-bond acceptors (Lipinski definition) is 8. The summed E-state index contributed by atoms with van der Waals surface area (Å²) in [5, 5.41) is 34.0. The Morgan fingerprint density at radius 1 is 1.00 bits per heavy atom. The van der Waals surface area contributed by atoms with Crippen LogP contribution < -0.4 is 16.6 Å². The van der Waals surface area contributed by atoms with Gasteiger partial charge in [-0.05, 0) is 0 Å². The second-order valence-corrected chi connectivity index (χ2v) is 3.23. The Bertz CT molecular complexity index is 579. The number of hydrogen-bond donors (Lipinski definition) is 3. The molecule has 0 unspecified atom stereocenters. The van der Waals surface area contributed by atoms with Gasteiger partial charge in [0.2, 0.25) is 5.69 Å². The predicted octanol–water partition coefficient (Wildman–Crippen LogP) is 0.406. The minimum Gasteiger partial charge on any atom is -0.295 e. The number of carbonyl (C=O) groups excluding carboxylic acids is 1. The van der Waals surface area contributed by atoms with Crippen LogP contribution in [0.3, 0.4) is 0 Å². The first kappa shape index (κ1) is 14.7. The summed E-state index contributed by atoms with van der Waals surface area (Å²) in [6.45, 7) is 0. The average molecular weight is 286 g/mol. The number of amides is 2. The molecule has 2 amide bonds. The lowest BCUT2D eigenvalue weighted by atomic mass is 10.2. The summed E-state index contributed by atoms with van der Waals surface area (Å²) in [6.07, 6.45) is 0. The lowest BCUT2D eigenvalue weighted by Crippen LogP contribution is -2.34. The van der Waals surface area contributed by atoms with Gasteiger partial charge >= 0.3 is 17.4 Å². The summed E-state index contributed by atoms with van der Waals surface area (Å²) < 4.78 is 0. The van der Waals surface area contributed by atoms with Crippen molar-refractivity contribution in [2.45, 2.75) is 0 Å². The Kier molecular flexibility index (Phi) is 4.07. The SMILES string of the molecule is NNC(=O)Nc1c([N+](=O)[O-])cc([N+](=O)[O-])cc1[N+](=O)[O-]. The maximum Gasteiger partial charge on any atom is 0.333 e. The number of nitrogens with one attached hydrogen (secondary N) is 2. The molecular formula is C7H6N6O7. The molecule has 0 fully saturated rings. The van der Waals surface area contributed by atoms with Crippen molar-refractivity contribution in [3.63, 3.8) is 0 Å². The van der Waals surface area contributed by atoms with Crippen LogP contribution in [-0.4, -0.2) is 20.8 Å². The number of anilines is 1. The molecule has 0 spiro atoms. The molecular weight excluding hydrogens is 280 g/mol. The molecule has 4 N–H and O–H groups in total. The number of urea groups is 1. The average Bonchev–Trinajstić information content (AvgIpc) is 2.37. The second-order valence-electron chi connectivity index (χ2n) is 3.23. The number of nitro groups is 3. The van der Waals surface area contributed by atoms with E-state index in [0.717, 1.165) is 0 Å². The summed E-state index contributed by atoms with van der Waals surface area (Å²) in [4.78, 5) is 40.0. The second kappa shape index (κ2) is 5.53. The normalized spacial score (nSPS) is 9.65. The van der Waals surface area contributed by atoms with Gasteiger partial charge in [-0.2, -0.15) is 0 Å². The minimum atomic E-state index is -1.16. The molecule has 0 aliphatic carbocycles. The molecule has 0 aliphatic rings. The number of non-ortho nitro benzene ring substituents is 1. The van der Waals surface area contributed by atoms with E-state index in [1.807, 2.05) is 0 Å². The van der Waals surface area contributed by atoms with E-state index in [0.29, 0.717) is 12.1 Å². The zero-order chi connectivity index (χ0) is 15.4. The van der Waals surface area contributed by atoms with Gasteiger partial charge in [0, 0.05) is 0 Å². The topological polar surface area (TPSA) is 197 Å². The summed E-state index contributed by atoms with van der Waals surface area (Å²) >= 11 is 0. The molecule has 0 aromatic heterocycles. The maximum absolute atomic E-state index is 11.0. The van der Waals surface area contributed by atoms with Gasteiger partial charge < -0.3 is 0 Å². The molecule has 13 nitrogen and oxygen atoms in total. The number of nitro benzene ring substituents is 3. The molecule has 0 atom stereocenters.